The third-order valence-corrected chi connectivity index (χ3v) is 2.43. The molecule has 0 fully saturated rings. The number of nitriles is 1. The van der Waals surface area contributed by atoms with E-state index >= 15 is 0 Å². The Morgan fingerprint density at radius 3 is 2.53 bits per heavy atom. The SMILES string of the molecule is CCCC/C(O)=C(\C#N)C(=O)c1ccccc1. The van der Waals surface area contributed by atoms with Crippen LogP contribution < -0.4 is 0 Å². The molecule has 0 atom stereocenters. The van der Waals surface area contributed by atoms with Gasteiger partial charge in [0, 0.05) is 12.0 Å². The van der Waals surface area contributed by atoms with Crippen molar-refractivity contribution in [2.75, 3.05) is 0 Å². The van der Waals surface area contributed by atoms with Crippen LogP contribution in [0, 0.1) is 11.3 Å². The molecular formula is C14H15NO2. The van der Waals surface area contributed by atoms with Gasteiger partial charge in [0.2, 0.25) is 5.78 Å². The van der Waals surface area contributed by atoms with Gasteiger partial charge in [-0.1, -0.05) is 43.7 Å². The lowest BCUT2D eigenvalue weighted by molar-refractivity contribution is 0.103. The van der Waals surface area contributed by atoms with Crippen molar-refractivity contribution in [3.63, 3.8) is 0 Å². The van der Waals surface area contributed by atoms with Gasteiger partial charge in [-0.2, -0.15) is 5.26 Å². The smallest absolute Gasteiger partial charge is 0.206 e. The highest BCUT2D eigenvalue weighted by Gasteiger charge is 2.16. The Hall–Kier alpha value is -2.08. The molecule has 0 amide bonds. The molecule has 0 radical (unpaired) electrons. The number of allylic oxidation sites excluding steroid dienone is 2. The molecule has 0 aliphatic rings. The van der Waals surface area contributed by atoms with Gasteiger partial charge in [0.25, 0.3) is 0 Å². The minimum atomic E-state index is -0.415. The monoisotopic (exact) mass is 229 g/mol. The van der Waals surface area contributed by atoms with Crippen molar-refractivity contribution in [1.82, 2.24) is 0 Å². The Labute approximate surface area is 101 Å². The van der Waals surface area contributed by atoms with Gasteiger partial charge < -0.3 is 5.11 Å². The molecule has 17 heavy (non-hydrogen) atoms. The predicted molar refractivity (Wildman–Crippen MR) is 65.6 cm³/mol. The minimum Gasteiger partial charge on any atom is -0.511 e. The maximum atomic E-state index is 11.9. The van der Waals surface area contributed by atoms with E-state index in [1.54, 1.807) is 36.4 Å². The highest BCUT2D eigenvalue weighted by molar-refractivity contribution is 6.11. The molecule has 1 N–H and O–H groups in total. The number of aliphatic hydroxyl groups excluding tert-OH is 1. The number of Topliss-reactive ketones (excluding diaryl/α,β-unsaturated/α-hetero) is 1. The van der Waals surface area contributed by atoms with Gasteiger partial charge in [0.05, 0.1) is 0 Å². The number of carbonyl (C=O) groups is 1. The Morgan fingerprint density at radius 1 is 1.35 bits per heavy atom. The van der Waals surface area contributed by atoms with Crippen molar-refractivity contribution >= 4 is 5.78 Å². The van der Waals surface area contributed by atoms with Crippen LogP contribution in [-0.4, -0.2) is 10.9 Å². The van der Waals surface area contributed by atoms with E-state index in [9.17, 15) is 9.90 Å². The molecule has 0 aliphatic heterocycles. The van der Waals surface area contributed by atoms with E-state index in [-0.39, 0.29) is 11.3 Å². The van der Waals surface area contributed by atoms with E-state index < -0.39 is 5.78 Å². The van der Waals surface area contributed by atoms with Crippen molar-refractivity contribution in [1.29, 1.82) is 5.26 Å². The number of hydrogen-bond acceptors (Lipinski definition) is 3. The van der Waals surface area contributed by atoms with Crippen LogP contribution in [0.15, 0.2) is 41.7 Å². The summed E-state index contributed by atoms with van der Waals surface area (Å²) >= 11 is 0. The number of unbranched alkanes of at least 4 members (excludes halogenated alkanes) is 1. The second kappa shape index (κ2) is 6.49. The fourth-order valence-electron chi connectivity index (χ4n) is 1.45. The van der Waals surface area contributed by atoms with Gasteiger partial charge in [-0.05, 0) is 6.42 Å². The zero-order valence-corrected chi connectivity index (χ0v) is 9.81. The average Bonchev–Trinajstić information content (AvgIpc) is 2.38. The van der Waals surface area contributed by atoms with E-state index in [0.29, 0.717) is 12.0 Å². The minimum absolute atomic E-state index is 0.108. The van der Waals surface area contributed by atoms with Crippen LogP contribution in [0.5, 0.6) is 0 Å². The summed E-state index contributed by atoms with van der Waals surface area (Å²) in [5, 5.41) is 18.6. The van der Waals surface area contributed by atoms with Crippen LogP contribution in [0.3, 0.4) is 0 Å². The number of hydrogen-bond donors (Lipinski definition) is 1. The summed E-state index contributed by atoms with van der Waals surface area (Å²) in [5.41, 5.74) is 0.275. The molecule has 0 aromatic heterocycles. The number of benzene rings is 1. The van der Waals surface area contributed by atoms with E-state index in [4.69, 9.17) is 5.26 Å². The quantitative estimate of drug-likeness (QED) is 0.364. The molecule has 0 bridgehead atoms. The first-order chi connectivity index (χ1) is 8.20. The summed E-state index contributed by atoms with van der Waals surface area (Å²) in [5.74, 6) is -0.523. The van der Waals surface area contributed by atoms with Crippen LogP contribution in [0.2, 0.25) is 0 Å². The summed E-state index contributed by atoms with van der Waals surface area (Å²) in [6.07, 6.45) is 2.04. The van der Waals surface area contributed by atoms with Crippen LogP contribution in [0.25, 0.3) is 0 Å². The average molecular weight is 229 g/mol. The van der Waals surface area contributed by atoms with Crippen LogP contribution in [0.4, 0.5) is 0 Å². The zero-order valence-electron chi connectivity index (χ0n) is 9.81. The summed E-state index contributed by atoms with van der Waals surface area (Å²) in [6.45, 7) is 1.98. The summed E-state index contributed by atoms with van der Waals surface area (Å²) in [4.78, 5) is 11.9. The number of rotatable bonds is 5. The number of ketones is 1. The van der Waals surface area contributed by atoms with Crippen LogP contribution >= 0.6 is 0 Å². The normalized spacial score (nSPS) is 11.5. The third kappa shape index (κ3) is 3.46. The van der Waals surface area contributed by atoms with Crippen molar-refractivity contribution < 1.29 is 9.90 Å². The van der Waals surface area contributed by atoms with Gasteiger partial charge in [-0.15, -0.1) is 0 Å². The summed E-state index contributed by atoms with van der Waals surface area (Å²) in [6, 6.07) is 10.3. The molecule has 3 heteroatoms. The zero-order chi connectivity index (χ0) is 12.7. The second-order valence-corrected chi connectivity index (χ2v) is 3.73. The van der Waals surface area contributed by atoms with Crippen molar-refractivity contribution in [2.24, 2.45) is 0 Å². The lowest BCUT2D eigenvalue weighted by Gasteiger charge is -2.03. The largest absolute Gasteiger partial charge is 0.511 e. The molecule has 0 aliphatic carbocycles. The van der Waals surface area contributed by atoms with Crippen molar-refractivity contribution in [3.8, 4) is 6.07 Å². The van der Waals surface area contributed by atoms with Gasteiger partial charge in [-0.25, -0.2) is 0 Å². The lowest BCUT2D eigenvalue weighted by Crippen LogP contribution is -2.05. The van der Waals surface area contributed by atoms with E-state index in [1.165, 1.54) is 0 Å². The first-order valence-electron chi connectivity index (χ1n) is 5.62. The van der Waals surface area contributed by atoms with Gasteiger partial charge in [0.15, 0.2) is 0 Å². The molecule has 1 aromatic rings. The predicted octanol–water partition coefficient (Wildman–Crippen LogP) is 3.40. The molecule has 0 saturated heterocycles. The van der Waals surface area contributed by atoms with Gasteiger partial charge in [0.1, 0.15) is 17.4 Å². The second-order valence-electron chi connectivity index (χ2n) is 3.73. The van der Waals surface area contributed by atoms with Crippen molar-refractivity contribution in [2.45, 2.75) is 26.2 Å². The summed E-state index contributed by atoms with van der Waals surface area (Å²) in [7, 11) is 0. The maximum Gasteiger partial charge on any atom is 0.206 e. The van der Waals surface area contributed by atoms with Gasteiger partial charge >= 0.3 is 0 Å². The Balaban J connectivity index is 2.96. The fourth-order valence-corrected chi connectivity index (χ4v) is 1.45. The van der Waals surface area contributed by atoms with E-state index in [0.717, 1.165) is 12.8 Å². The molecule has 0 saturated carbocycles. The lowest BCUT2D eigenvalue weighted by atomic mass is 10.0. The molecule has 3 nitrogen and oxygen atoms in total. The molecule has 1 rings (SSSR count). The Kier molecular flexibility index (Phi) is 4.96. The Morgan fingerprint density at radius 2 is 2.00 bits per heavy atom. The molecule has 88 valence electrons. The first-order valence-corrected chi connectivity index (χ1v) is 5.62. The number of aliphatic hydroxyl groups is 1. The highest BCUT2D eigenvalue weighted by Crippen LogP contribution is 2.14. The maximum absolute atomic E-state index is 11.9. The number of nitrogens with zero attached hydrogens (tertiary/aromatic N) is 1. The highest BCUT2D eigenvalue weighted by atomic mass is 16.3. The standard InChI is InChI=1S/C14H15NO2/c1-2-3-9-13(16)12(10-15)14(17)11-7-5-4-6-8-11/h4-8,16H,2-3,9H2,1H3/b13-12-. The molecule has 0 unspecified atom stereocenters. The molecule has 1 aromatic carbocycles. The van der Waals surface area contributed by atoms with Crippen LogP contribution in [-0.2, 0) is 0 Å². The number of carbonyl (C=O) groups excluding carboxylic acids is 1. The molecule has 0 heterocycles. The summed E-state index contributed by atoms with van der Waals surface area (Å²) < 4.78 is 0. The molecule has 0 spiro atoms. The first kappa shape index (κ1) is 13.0. The van der Waals surface area contributed by atoms with E-state index in [1.807, 2.05) is 6.92 Å². The van der Waals surface area contributed by atoms with E-state index in [2.05, 4.69) is 0 Å². The third-order valence-electron chi connectivity index (χ3n) is 2.43. The van der Waals surface area contributed by atoms with Crippen LogP contribution in [0.1, 0.15) is 36.5 Å². The topological polar surface area (TPSA) is 61.1 Å². The fraction of sp³-hybridized carbons (Fsp3) is 0.286. The Bertz CT molecular complexity index is 455. The van der Waals surface area contributed by atoms with Gasteiger partial charge in [-0.3, -0.25) is 4.79 Å². The van der Waals surface area contributed by atoms with Crippen molar-refractivity contribution in [3.05, 3.63) is 47.2 Å². The molecular weight excluding hydrogens is 214 g/mol.